The van der Waals surface area contributed by atoms with Gasteiger partial charge < -0.3 is 5.32 Å². The molecule has 1 aromatic heterocycles. The Labute approximate surface area is 125 Å². The zero-order valence-electron chi connectivity index (χ0n) is 10.1. The number of nitro groups is 1. The summed E-state index contributed by atoms with van der Waals surface area (Å²) in [5.74, 6) is -3.88. The number of carbonyl (C=O) groups is 1. The van der Waals surface area contributed by atoms with E-state index in [4.69, 9.17) is 0 Å². The molecule has 1 amide bonds. The Morgan fingerprint density at radius 1 is 1.33 bits per heavy atom. The van der Waals surface area contributed by atoms with Crippen LogP contribution in [-0.2, 0) is 0 Å². The van der Waals surface area contributed by atoms with Crippen LogP contribution in [-0.4, -0.2) is 15.8 Å². The number of benzene rings is 1. The number of amides is 1. The van der Waals surface area contributed by atoms with Crippen molar-refractivity contribution in [2.75, 3.05) is 5.32 Å². The van der Waals surface area contributed by atoms with Crippen LogP contribution >= 0.6 is 15.9 Å². The smallest absolute Gasteiger partial charge is 0.305 e. The summed E-state index contributed by atoms with van der Waals surface area (Å²) in [6.45, 7) is 0. The summed E-state index contributed by atoms with van der Waals surface area (Å²) in [5.41, 5.74) is -2.02. The second-order valence-corrected chi connectivity index (χ2v) is 4.65. The van der Waals surface area contributed by atoms with Crippen LogP contribution < -0.4 is 5.32 Å². The number of carbonyl (C=O) groups excluding carboxylic acids is 1. The van der Waals surface area contributed by atoms with E-state index in [-0.39, 0.29) is 5.82 Å². The number of hydrogen-bond acceptors (Lipinski definition) is 4. The SMILES string of the molecule is O=C(Nc1ncccc1Br)c1c(F)ccc([N+](=O)[O-])c1F. The Kier molecular flexibility index (Phi) is 4.22. The van der Waals surface area contributed by atoms with Gasteiger partial charge in [-0.15, -0.1) is 0 Å². The van der Waals surface area contributed by atoms with Crippen molar-refractivity contribution in [1.29, 1.82) is 0 Å². The van der Waals surface area contributed by atoms with Crippen molar-refractivity contribution in [3.05, 3.63) is 62.2 Å². The summed E-state index contributed by atoms with van der Waals surface area (Å²) in [6, 6.07) is 4.44. The monoisotopic (exact) mass is 357 g/mol. The molecule has 9 heteroatoms. The van der Waals surface area contributed by atoms with E-state index in [2.05, 4.69) is 26.2 Å². The lowest BCUT2D eigenvalue weighted by atomic mass is 10.1. The molecule has 1 aromatic carbocycles. The third-order valence-electron chi connectivity index (χ3n) is 2.48. The molecular formula is C12H6BrF2N3O3. The van der Waals surface area contributed by atoms with Gasteiger partial charge in [-0.3, -0.25) is 14.9 Å². The Morgan fingerprint density at radius 3 is 2.67 bits per heavy atom. The lowest BCUT2D eigenvalue weighted by Crippen LogP contribution is -2.17. The van der Waals surface area contributed by atoms with Crippen LogP contribution in [0.4, 0.5) is 20.3 Å². The molecule has 1 N–H and O–H groups in total. The Bertz CT molecular complexity index is 740. The van der Waals surface area contributed by atoms with Gasteiger partial charge in [0.2, 0.25) is 5.82 Å². The van der Waals surface area contributed by atoms with E-state index in [1.165, 1.54) is 6.20 Å². The molecule has 0 aliphatic carbocycles. The molecule has 0 atom stereocenters. The number of aromatic nitrogens is 1. The van der Waals surface area contributed by atoms with Crippen molar-refractivity contribution in [3.8, 4) is 0 Å². The van der Waals surface area contributed by atoms with Gasteiger partial charge in [-0.05, 0) is 34.1 Å². The first-order valence-corrected chi connectivity index (χ1v) is 6.25. The van der Waals surface area contributed by atoms with Crippen LogP contribution in [0.15, 0.2) is 34.9 Å². The molecule has 0 aliphatic rings. The van der Waals surface area contributed by atoms with Crippen LogP contribution in [0.5, 0.6) is 0 Å². The molecule has 2 aromatic rings. The fourth-order valence-electron chi connectivity index (χ4n) is 1.54. The molecular weight excluding hydrogens is 352 g/mol. The van der Waals surface area contributed by atoms with Crippen molar-refractivity contribution in [2.45, 2.75) is 0 Å². The maximum atomic E-state index is 13.9. The summed E-state index contributed by atoms with van der Waals surface area (Å²) in [5, 5.41) is 12.8. The molecule has 1 heterocycles. The number of halogens is 3. The third-order valence-corrected chi connectivity index (χ3v) is 3.12. The quantitative estimate of drug-likeness (QED) is 0.674. The molecule has 6 nitrogen and oxygen atoms in total. The van der Waals surface area contributed by atoms with Gasteiger partial charge in [0.25, 0.3) is 5.91 Å². The minimum atomic E-state index is -1.54. The molecule has 21 heavy (non-hydrogen) atoms. The number of nitrogens with zero attached hydrogens (tertiary/aromatic N) is 2. The summed E-state index contributed by atoms with van der Waals surface area (Å²) in [4.78, 5) is 25.3. The van der Waals surface area contributed by atoms with Gasteiger partial charge in [-0.25, -0.2) is 9.37 Å². The molecule has 0 radical (unpaired) electrons. The topological polar surface area (TPSA) is 85.1 Å². The summed E-state index contributed by atoms with van der Waals surface area (Å²) >= 11 is 3.10. The largest absolute Gasteiger partial charge is 0.305 e. The first-order chi connectivity index (χ1) is 9.91. The van der Waals surface area contributed by atoms with Crippen molar-refractivity contribution >= 4 is 33.3 Å². The standard InChI is InChI=1S/C12H6BrF2N3O3/c13-6-2-1-5-16-11(6)17-12(19)9-7(14)3-4-8(10(9)15)18(20)21/h1-5H,(H,16,17,19). The van der Waals surface area contributed by atoms with E-state index in [1.807, 2.05) is 0 Å². The van der Waals surface area contributed by atoms with Crippen LogP contribution in [0.2, 0.25) is 0 Å². The van der Waals surface area contributed by atoms with Gasteiger partial charge in [0.1, 0.15) is 17.2 Å². The van der Waals surface area contributed by atoms with E-state index in [1.54, 1.807) is 12.1 Å². The molecule has 0 spiro atoms. The molecule has 0 saturated carbocycles. The molecule has 2 rings (SSSR count). The predicted octanol–water partition coefficient (Wildman–Crippen LogP) is 3.28. The highest BCUT2D eigenvalue weighted by Gasteiger charge is 2.26. The third kappa shape index (κ3) is 3.02. The maximum absolute atomic E-state index is 13.9. The van der Waals surface area contributed by atoms with E-state index in [0.29, 0.717) is 16.6 Å². The highest BCUT2D eigenvalue weighted by molar-refractivity contribution is 9.10. The van der Waals surface area contributed by atoms with E-state index < -0.39 is 33.7 Å². The fraction of sp³-hybridized carbons (Fsp3) is 0. The van der Waals surface area contributed by atoms with E-state index >= 15 is 0 Å². The molecule has 108 valence electrons. The number of pyridine rings is 1. The summed E-state index contributed by atoms with van der Waals surface area (Å²) in [7, 11) is 0. The van der Waals surface area contributed by atoms with Gasteiger partial charge in [0.15, 0.2) is 0 Å². The first-order valence-electron chi connectivity index (χ1n) is 5.46. The second kappa shape index (κ2) is 5.92. The predicted molar refractivity (Wildman–Crippen MR) is 72.9 cm³/mol. The number of rotatable bonds is 3. The number of hydrogen-bond donors (Lipinski definition) is 1. The van der Waals surface area contributed by atoms with Gasteiger partial charge in [0.05, 0.1) is 9.40 Å². The number of anilines is 1. The minimum absolute atomic E-state index is 0.0350. The van der Waals surface area contributed by atoms with Crippen molar-refractivity contribution in [3.63, 3.8) is 0 Å². The molecule has 0 unspecified atom stereocenters. The summed E-state index contributed by atoms with van der Waals surface area (Å²) in [6.07, 6.45) is 1.36. The summed E-state index contributed by atoms with van der Waals surface area (Å²) < 4.78 is 27.8. The average Bonchev–Trinajstić information content (AvgIpc) is 2.41. The van der Waals surface area contributed by atoms with Crippen molar-refractivity contribution < 1.29 is 18.5 Å². The van der Waals surface area contributed by atoms with Crippen molar-refractivity contribution in [1.82, 2.24) is 4.98 Å². The minimum Gasteiger partial charge on any atom is -0.305 e. The zero-order valence-corrected chi connectivity index (χ0v) is 11.7. The van der Waals surface area contributed by atoms with Crippen LogP contribution in [0.25, 0.3) is 0 Å². The molecule has 0 fully saturated rings. The van der Waals surface area contributed by atoms with Gasteiger partial charge in [-0.1, -0.05) is 0 Å². The Hall–Kier alpha value is -2.42. The van der Waals surface area contributed by atoms with Crippen LogP contribution in [0, 0.1) is 21.7 Å². The highest BCUT2D eigenvalue weighted by Crippen LogP contribution is 2.25. The first kappa shape index (κ1) is 15.0. The van der Waals surface area contributed by atoms with Gasteiger partial charge in [0, 0.05) is 12.3 Å². The molecule has 0 saturated heterocycles. The molecule has 0 aliphatic heterocycles. The lowest BCUT2D eigenvalue weighted by Gasteiger charge is -2.07. The van der Waals surface area contributed by atoms with Crippen LogP contribution in [0.1, 0.15) is 10.4 Å². The van der Waals surface area contributed by atoms with E-state index in [9.17, 15) is 23.7 Å². The second-order valence-electron chi connectivity index (χ2n) is 3.80. The van der Waals surface area contributed by atoms with Gasteiger partial charge >= 0.3 is 5.69 Å². The number of nitrogens with one attached hydrogen (secondary N) is 1. The highest BCUT2D eigenvalue weighted by atomic mass is 79.9. The normalized spacial score (nSPS) is 10.2. The average molecular weight is 358 g/mol. The zero-order chi connectivity index (χ0) is 15.6. The van der Waals surface area contributed by atoms with E-state index in [0.717, 1.165) is 0 Å². The van der Waals surface area contributed by atoms with Crippen LogP contribution in [0.3, 0.4) is 0 Å². The van der Waals surface area contributed by atoms with Crippen molar-refractivity contribution in [2.24, 2.45) is 0 Å². The lowest BCUT2D eigenvalue weighted by molar-refractivity contribution is -0.387. The Morgan fingerprint density at radius 2 is 2.05 bits per heavy atom. The number of nitro benzene ring substituents is 1. The fourth-order valence-corrected chi connectivity index (χ4v) is 1.89. The molecule has 0 bridgehead atoms. The van der Waals surface area contributed by atoms with Gasteiger partial charge in [-0.2, -0.15) is 4.39 Å². The Balaban J connectivity index is 2.42. The maximum Gasteiger partial charge on any atom is 0.305 e.